The summed E-state index contributed by atoms with van der Waals surface area (Å²) in [4.78, 5) is 2.41. The molecule has 0 saturated heterocycles. The Morgan fingerprint density at radius 2 is 0.884 bits per heavy atom. The molecule has 0 amide bonds. The molecule has 2 aromatic heterocycles. The van der Waals surface area contributed by atoms with Crippen molar-refractivity contribution in [2.45, 2.75) is 0 Å². The van der Waals surface area contributed by atoms with Crippen molar-refractivity contribution >= 4 is 90.9 Å². The molecule has 2 heterocycles. The zero-order valence-electron chi connectivity index (χ0n) is 23.2. The van der Waals surface area contributed by atoms with E-state index < -0.39 is 0 Å². The van der Waals surface area contributed by atoms with Gasteiger partial charge in [-0.2, -0.15) is 0 Å². The Morgan fingerprint density at radius 1 is 0.349 bits per heavy atom. The summed E-state index contributed by atoms with van der Waals surface area (Å²) in [5.74, 6) is 0. The molecule has 0 atom stereocenters. The number of rotatable bonds is 4. The number of anilines is 3. The molecule has 0 aliphatic rings. The van der Waals surface area contributed by atoms with Crippen molar-refractivity contribution < 1.29 is 0 Å². The van der Waals surface area contributed by atoms with Crippen LogP contribution < -0.4 is 4.90 Å². The van der Waals surface area contributed by atoms with Crippen LogP contribution in [0.1, 0.15) is 0 Å². The second-order valence-electron chi connectivity index (χ2n) is 11.0. The van der Waals surface area contributed by atoms with E-state index in [0.29, 0.717) is 0 Å². The second-order valence-corrected chi connectivity index (χ2v) is 13.1. The first kappa shape index (κ1) is 24.6. The van der Waals surface area contributed by atoms with E-state index in [1.54, 1.807) is 0 Å². The minimum atomic E-state index is 1.14. The molecule has 0 aliphatic heterocycles. The predicted octanol–water partition coefficient (Wildman–Crippen LogP) is 12.7. The normalized spacial score (nSPS) is 11.7. The van der Waals surface area contributed by atoms with Gasteiger partial charge in [0.25, 0.3) is 0 Å². The molecule has 43 heavy (non-hydrogen) atoms. The van der Waals surface area contributed by atoms with Gasteiger partial charge in [0.15, 0.2) is 0 Å². The zero-order valence-corrected chi connectivity index (χ0v) is 24.8. The summed E-state index contributed by atoms with van der Waals surface area (Å²) in [6, 6.07) is 55.5. The Kier molecular flexibility index (Phi) is 5.62. The first-order chi connectivity index (χ1) is 21.3. The monoisotopic (exact) mass is 583 g/mol. The van der Waals surface area contributed by atoms with Gasteiger partial charge in [0.05, 0.1) is 0 Å². The zero-order chi connectivity index (χ0) is 28.3. The summed E-state index contributed by atoms with van der Waals surface area (Å²) in [7, 11) is 0. The Labute approximate surface area is 257 Å². The lowest BCUT2D eigenvalue weighted by Crippen LogP contribution is -2.09. The Morgan fingerprint density at radius 3 is 1.70 bits per heavy atom. The number of hydrogen-bond acceptors (Lipinski definition) is 3. The van der Waals surface area contributed by atoms with Crippen LogP contribution in [0, 0.1) is 0 Å². The van der Waals surface area contributed by atoms with E-state index in [1.165, 1.54) is 62.2 Å². The van der Waals surface area contributed by atoms with Crippen molar-refractivity contribution in [2.75, 3.05) is 4.90 Å². The van der Waals surface area contributed by atoms with Crippen molar-refractivity contribution in [3.8, 4) is 11.1 Å². The summed E-state index contributed by atoms with van der Waals surface area (Å²) in [6.45, 7) is 0. The summed E-state index contributed by atoms with van der Waals surface area (Å²) in [5, 5.41) is 7.84. The smallest absolute Gasteiger partial charge is 0.0468 e. The van der Waals surface area contributed by atoms with Crippen molar-refractivity contribution in [2.24, 2.45) is 0 Å². The van der Waals surface area contributed by atoms with E-state index in [0.717, 1.165) is 17.1 Å². The van der Waals surface area contributed by atoms with E-state index in [1.807, 2.05) is 22.7 Å². The Balaban J connectivity index is 1.28. The minimum Gasteiger partial charge on any atom is -0.310 e. The van der Waals surface area contributed by atoms with Gasteiger partial charge in [-0.3, -0.25) is 0 Å². The average molecular weight is 584 g/mol. The fourth-order valence-electron chi connectivity index (χ4n) is 6.40. The molecule has 0 spiro atoms. The number of benzene rings is 7. The standard InChI is InChI=1S/C40H25NS2/c1-2-8-26(9-3-1)27-14-18-29(19-15-27)41(31-21-23-38-35(25-31)32-10-4-6-12-36(32)42-38)30-20-16-28-17-22-39-40(34(28)24-30)33-11-5-7-13-37(33)43-39/h1-25H. The maximum absolute atomic E-state index is 2.41. The first-order valence-electron chi connectivity index (χ1n) is 14.5. The van der Waals surface area contributed by atoms with Crippen molar-refractivity contribution in [3.05, 3.63) is 152 Å². The number of fused-ring (bicyclic) bond motifs is 8. The van der Waals surface area contributed by atoms with E-state index in [-0.39, 0.29) is 0 Å². The van der Waals surface area contributed by atoms with Gasteiger partial charge >= 0.3 is 0 Å². The van der Waals surface area contributed by atoms with Crippen LogP contribution in [0.25, 0.3) is 62.2 Å². The van der Waals surface area contributed by atoms with E-state index in [9.17, 15) is 0 Å². The van der Waals surface area contributed by atoms with Gasteiger partial charge < -0.3 is 4.90 Å². The van der Waals surface area contributed by atoms with Gasteiger partial charge in [-0.1, -0.05) is 91.0 Å². The van der Waals surface area contributed by atoms with E-state index >= 15 is 0 Å². The van der Waals surface area contributed by atoms with Crippen LogP contribution in [0.2, 0.25) is 0 Å². The Bertz CT molecular complexity index is 2450. The minimum absolute atomic E-state index is 1.14. The molecule has 0 N–H and O–H groups in total. The van der Waals surface area contributed by atoms with Crippen LogP contribution in [0.15, 0.2) is 152 Å². The molecule has 0 radical (unpaired) electrons. The molecular formula is C40H25NS2. The third kappa shape index (κ3) is 4.04. The molecule has 0 saturated carbocycles. The molecule has 0 bridgehead atoms. The molecule has 9 aromatic rings. The SMILES string of the molecule is c1ccc(-c2ccc(N(c3ccc4sc5ccccc5c4c3)c3ccc4ccc5sc6ccccc6c5c4c3)cc2)cc1. The highest BCUT2D eigenvalue weighted by atomic mass is 32.1. The highest BCUT2D eigenvalue weighted by Crippen LogP contribution is 2.44. The van der Waals surface area contributed by atoms with E-state index in [2.05, 4.69) is 157 Å². The summed E-state index contributed by atoms with van der Waals surface area (Å²) in [5.41, 5.74) is 5.89. The summed E-state index contributed by atoms with van der Waals surface area (Å²) < 4.78 is 5.30. The predicted molar refractivity (Wildman–Crippen MR) is 190 cm³/mol. The molecule has 1 nitrogen and oxygen atoms in total. The van der Waals surface area contributed by atoms with Crippen LogP contribution in [-0.4, -0.2) is 0 Å². The van der Waals surface area contributed by atoms with Crippen molar-refractivity contribution in [1.29, 1.82) is 0 Å². The number of hydrogen-bond donors (Lipinski definition) is 0. The van der Waals surface area contributed by atoms with Crippen LogP contribution in [0.4, 0.5) is 17.1 Å². The third-order valence-corrected chi connectivity index (χ3v) is 10.7. The summed E-state index contributed by atoms with van der Waals surface area (Å²) in [6.07, 6.45) is 0. The van der Waals surface area contributed by atoms with Gasteiger partial charge in [-0.15, -0.1) is 22.7 Å². The van der Waals surface area contributed by atoms with Crippen LogP contribution in [-0.2, 0) is 0 Å². The van der Waals surface area contributed by atoms with Crippen LogP contribution in [0.5, 0.6) is 0 Å². The lowest BCUT2D eigenvalue weighted by atomic mass is 10.0. The quantitative estimate of drug-likeness (QED) is 0.199. The maximum atomic E-state index is 2.41. The largest absolute Gasteiger partial charge is 0.310 e. The highest BCUT2D eigenvalue weighted by Gasteiger charge is 2.17. The van der Waals surface area contributed by atoms with Gasteiger partial charge in [0.2, 0.25) is 0 Å². The highest BCUT2D eigenvalue weighted by molar-refractivity contribution is 7.26. The molecule has 0 unspecified atom stereocenters. The van der Waals surface area contributed by atoms with E-state index in [4.69, 9.17) is 0 Å². The van der Waals surface area contributed by atoms with Gasteiger partial charge in [0.1, 0.15) is 0 Å². The molecule has 3 heteroatoms. The number of thiophene rings is 2. The average Bonchev–Trinajstić information content (AvgIpc) is 3.64. The topological polar surface area (TPSA) is 3.24 Å². The third-order valence-electron chi connectivity index (χ3n) is 8.45. The van der Waals surface area contributed by atoms with Crippen molar-refractivity contribution in [3.63, 3.8) is 0 Å². The van der Waals surface area contributed by atoms with Gasteiger partial charge in [-0.05, 0) is 82.6 Å². The molecule has 7 aromatic carbocycles. The molecule has 9 rings (SSSR count). The lowest BCUT2D eigenvalue weighted by Gasteiger charge is -2.26. The van der Waals surface area contributed by atoms with Crippen molar-refractivity contribution in [1.82, 2.24) is 0 Å². The second kappa shape index (κ2) is 9.81. The van der Waals surface area contributed by atoms with Crippen LogP contribution in [0.3, 0.4) is 0 Å². The fraction of sp³-hybridized carbons (Fsp3) is 0. The lowest BCUT2D eigenvalue weighted by molar-refractivity contribution is 1.30. The number of nitrogens with zero attached hydrogens (tertiary/aromatic N) is 1. The molecule has 0 fully saturated rings. The molecule has 202 valence electrons. The molecular weight excluding hydrogens is 559 g/mol. The van der Waals surface area contributed by atoms with Crippen LogP contribution >= 0.6 is 22.7 Å². The van der Waals surface area contributed by atoms with Gasteiger partial charge in [0, 0.05) is 57.4 Å². The maximum Gasteiger partial charge on any atom is 0.0468 e. The Hall–Kier alpha value is -4.96. The fourth-order valence-corrected chi connectivity index (χ4v) is 8.61. The molecule has 0 aliphatic carbocycles. The first-order valence-corrected chi connectivity index (χ1v) is 16.1. The van der Waals surface area contributed by atoms with Gasteiger partial charge in [-0.25, -0.2) is 0 Å². The summed E-state index contributed by atoms with van der Waals surface area (Å²) >= 11 is 3.74.